The van der Waals surface area contributed by atoms with Crippen molar-refractivity contribution in [2.24, 2.45) is 0 Å². The van der Waals surface area contributed by atoms with E-state index in [9.17, 15) is 4.39 Å². The molecule has 2 aromatic carbocycles. The molecule has 0 bridgehead atoms. The fourth-order valence-corrected chi connectivity index (χ4v) is 4.07. The molecular weight excluding hydrogens is 371 g/mol. The van der Waals surface area contributed by atoms with Crippen LogP contribution in [0.4, 0.5) is 10.2 Å². The predicted molar refractivity (Wildman–Crippen MR) is 109 cm³/mol. The van der Waals surface area contributed by atoms with Crippen molar-refractivity contribution in [3.05, 3.63) is 48.3 Å². The topological polar surface area (TPSA) is 63.2 Å². The Morgan fingerprint density at radius 2 is 1.76 bits per heavy atom. The average molecular weight is 394 g/mol. The molecular formula is C21H23FN6O. The first-order valence-corrected chi connectivity index (χ1v) is 10.1. The summed E-state index contributed by atoms with van der Waals surface area (Å²) in [7, 11) is 0. The van der Waals surface area contributed by atoms with E-state index in [-0.39, 0.29) is 12.0 Å². The Hall–Kier alpha value is -3.00. The number of anilines is 1. The number of aromatic nitrogens is 4. The predicted octanol–water partition coefficient (Wildman–Crippen LogP) is 3.83. The Bertz CT molecular complexity index is 1100. The molecule has 0 aliphatic carbocycles. The Morgan fingerprint density at radius 3 is 2.45 bits per heavy atom. The summed E-state index contributed by atoms with van der Waals surface area (Å²) < 4.78 is 18.7. The lowest BCUT2D eigenvalue weighted by Gasteiger charge is -2.38. The lowest BCUT2D eigenvalue weighted by molar-refractivity contribution is 0.0981. The maximum absolute atomic E-state index is 13.4. The molecule has 1 aliphatic heterocycles. The van der Waals surface area contributed by atoms with Crippen LogP contribution in [0.1, 0.15) is 25.9 Å². The highest BCUT2D eigenvalue weighted by molar-refractivity contribution is 5.88. The van der Waals surface area contributed by atoms with E-state index in [1.165, 1.54) is 12.1 Å². The largest absolute Gasteiger partial charge is 0.354 e. The van der Waals surface area contributed by atoms with Gasteiger partial charge in [0.05, 0.1) is 5.39 Å². The van der Waals surface area contributed by atoms with E-state index in [1.807, 2.05) is 29.1 Å². The summed E-state index contributed by atoms with van der Waals surface area (Å²) in [5, 5.41) is 14.5. The molecule has 1 aliphatic rings. The quantitative estimate of drug-likeness (QED) is 0.513. The van der Waals surface area contributed by atoms with Crippen molar-refractivity contribution >= 4 is 27.8 Å². The van der Waals surface area contributed by atoms with Crippen LogP contribution in [0.15, 0.2) is 47.0 Å². The zero-order valence-electron chi connectivity index (χ0n) is 16.3. The van der Waals surface area contributed by atoms with Gasteiger partial charge in [0.15, 0.2) is 11.4 Å². The molecule has 0 radical (unpaired) electrons. The zero-order chi connectivity index (χ0) is 19.8. The number of benzene rings is 2. The first kappa shape index (κ1) is 18.1. The summed E-state index contributed by atoms with van der Waals surface area (Å²) in [6.45, 7) is 5.57. The van der Waals surface area contributed by atoms with Crippen molar-refractivity contribution < 1.29 is 8.91 Å². The van der Waals surface area contributed by atoms with Gasteiger partial charge >= 0.3 is 0 Å². The number of nitrogens with zero attached hydrogens (tertiary/aromatic N) is 6. The fourth-order valence-electron chi connectivity index (χ4n) is 4.07. The van der Waals surface area contributed by atoms with Crippen molar-refractivity contribution in [1.82, 2.24) is 25.1 Å². The number of fused-ring (bicyclic) bond motifs is 2. The number of hydrogen-bond acceptors (Lipinski definition) is 6. The van der Waals surface area contributed by atoms with Gasteiger partial charge in [-0.15, -0.1) is 0 Å². The molecule has 4 aromatic rings. The Balaban J connectivity index is 1.34. The van der Waals surface area contributed by atoms with Crippen molar-refractivity contribution in [3.8, 4) is 0 Å². The van der Waals surface area contributed by atoms with Crippen molar-refractivity contribution in [1.29, 1.82) is 0 Å². The third-order valence-electron chi connectivity index (χ3n) is 5.57. The van der Waals surface area contributed by atoms with Gasteiger partial charge in [-0.2, -0.15) is 15.0 Å². The minimum atomic E-state index is -0.313. The summed E-state index contributed by atoms with van der Waals surface area (Å²) in [4.78, 5) is 6.51. The molecule has 1 fully saturated rings. The Labute approximate surface area is 167 Å². The molecule has 150 valence electrons. The maximum Gasteiger partial charge on any atom is 0.180 e. The SMILES string of the molecule is CCCC(N1CCN(c2noc3cc(F)ccc23)CC1)n1nc2ccccc2n1. The summed E-state index contributed by atoms with van der Waals surface area (Å²) in [6, 6.07) is 12.5. The maximum atomic E-state index is 13.4. The standard InChI is InChI=1S/C21H23FN6O/c1-2-5-20(28-23-17-6-3-4-7-18(17)24-28)26-10-12-27(13-11-26)21-16-9-8-15(22)14-19(16)29-25-21/h3-4,6-9,14,20H,2,5,10-13H2,1H3. The number of halogens is 1. The van der Waals surface area contributed by atoms with Crippen LogP contribution in [0.2, 0.25) is 0 Å². The molecule has 8 heteroatoms. The second kappa shape index (κ2) is 7.44. The van der Waals surface area contributed by atoms with E-state index >= 15 is 0 Å². The second-order valence-corrected chi connectivity index (χ2v) is 7.45. The number of rotatable bonds is 5. The molecule has 0 amide bonds. The fraction of sp³-hybridized carbons (Fsp3) is 0.381. The van der Waals surface area contributed by atoms with E-state index < -0.39 is 0 Å². The molecule has 3 heterocycles. The zero-order valence-corrected chi connectivity index (χ0v) is 16.3. The number of piperazine rings is 1. The van der Waals surface area contributed by atoms with Gasteiger partial charge in [0.1, 0.15) is 23.0 Å². The van der Waals surface area contributed by atoms with Crippen molar-refractivity contribution in [2.75, 3.05) is 31.1 Å². The minimum Gasteiger partial charge on any atom is -0.354 e. The van der Waals surface area contributed by atoms with E-state index in [0.29, 0.717) is 5.58 Å². The van der Waals surface area contributed by atoms with Crippen LogP contribution < -0.4 is 4.90 Å². The third-order valence-corrected chi connectivity index (χ3v) is 5.57. The van der Waals surface area contributed by atoms with Crippen molar-refractivity contribution in [2.45, 2.75) is 25.9 Å². The third kappa shape index (κ3) is 3.33. The molecule has 5 rings (SSSR count). The second-order valence-electron chi connectivity index (χ2n) is 7.45. The van der Waals surface area contributed by atoms with Crippen LogP contribution in [0.5, 0.6) is 0 Å². The van der Waals surface area contributed by atoms with Gasteiger partial charge in [0, 0.05) is 32.2 Å². The molecule has 1 atom stereocenters. The summed E-state index contributed by atoms with van der Waals surface area (Å²) in [5.41, 5.74) is 2.33. The van der Waals surface area contributed by atoms with Gasteiger partial charge in [-0.3, -0.25) is 4.90 Å². The average Bonchev–Trinajstić information content (AvgIpc) is 3.36. The van der Waals surface area contributed by atoms with Gasteiger partial charge in [0.2, 0.25) is 0 Å². The summed E-state index contributed by atoms with van der Waals surface area (Å²) >= 11 is 0. The van der Waals surface area contributed by atoms with E-state index in [0.717, 1.165) is 61.3 Å². The highest BCUT2D eigenvalue weighted by Crippen LogP contribution is 2.29. The molecule has 1 saturated heterocycles. The molecule has 0 spiro atoms. The highest BCUT2D eigenvalue weighted by Gasteiger charge is 2.28. The molecule has 1 unspecified atom stereocenters. The van der Waals surface area contributed by atoms with E-state index in [2.05, 4.69) is 21.9 Å². The Morgan fingerprint density at radius 1 is 1.03 bits per heavy atom. The van der Waals surface area contributed by atoms with Crippen molar-refractivity contribution in [3.63, 3.8) is 0 Å². The summed E-state index contributed by atoms with van der Waals surface area (Å²) in [6.07, 6.45) is 2.19. The molecule has 0 N–H and O–H groups in total. The Kier molecular flexibility index (Phi) is 4.63. The molecule has 2 aromatic heterocycles. The smallest absolute Gasteiger partial charge is 0.180 e. The van der Waals surface area contributed by atoms with Crippen LogP contribution in [-0.2, 0) is 0 Å². The monoisotopic (exact) mass is 394 g/mol. The number of hydrogen-bond donors (Lipinski definition) is 0. The van der Waals surface area contributed by atoms with Gasteiger partial charge in [-0.05, 0) is 30.7 Å². The normalized spacial score (nSPS) is 16.7. The van der Waals surface area contributed by atoms with E-state index in [4.69, 9.17) is 14.7 Å². The van der Waals surface area contributed by atoms with E-state index in [1.54, 1.807) is 6.07 Å². The molecule has 29 heavy (non-hydrogen) atoms. The molecule has 7 nitrogen and oxygen atoms in total. The lowest BCUT2D eigenvalue weighted by Crippen LogP contribution is -2.49. The first-order valence-electron chi connectivity index (χ1n) is 10.1. The van der Waals surface area contributed by atoms with Crippen LogP contribution in [0, 0.1) is 5.82 Å². The van der Waals surface area contributed by atoms with Gasteiger partial charge in [-0.1, -0.05) is 30.6 Å². The summed E-state index contributed by atoms with van der Waals surface area (Å²) in [5.74, 6) is 0.473. The van der Waals surface area contributed by atoms with Gasteiger partial charge < -0.3 is 9.42 Å². The van der Waals surface area contributed by atoms with Crippen LogP contribution in [0.3, 0.4) is 0 Å². The minimum absolute atomic E-state index is 0.137. The van der Waals surface area contributed by atoms with Gasteiger partial charge in [-0.25, -0.2) is 4.39 Å². The first-order chi connectivity index (χ1) is 14.2. The highest BCUT2D eigenvalue weighted by atomic mass is 19.1. The van der Waals surface area contributed by atoms with Crippen LogP contribution >= 0.6 is 0 Å². The lowest BCUT2D eigenvalue weighted by atomic mass is 10.2. The molecule has 0 saturated carbocycles. The van der Waals surface area contributed by atoms with Crippen LogP contribution in [0.25, 0.3) is 22.0 Å². The van der Waals surface area contributed by atoms with Gasteiger partial charge in [0.25, 0.3) is 0 Å². The van der Waals surface area contributed by atoms with Crippen LogP contribution in [-0.4, -0.2) is 51.2 Å².